The monoisotopic (exact) mass is 233 g/mol. The number of nitriles is 1. The van der Waals surface area contributed by atoms with Gasteiger partial charge in [0.25, 0.3) is 0 Å². The van der Waals surface area contributed by atoms with Crippen LogP contribution in [0.5, 0.6) is 0 Å². The molecule has 1 aliphatic rings. The lowest BCUT2D eigenvalue weighted by atomic mass is 9.95. The van der Waals surface area contributed by atoms with Gasteiger partial charge in [0, 0.05) is 11.0 Å². The highest BCUT2D eigenvalue weighted by Crippen LogP contribution is 2.34. The molecule has 1 aliphatic heterocycles. The fourth-order valence-corrected chi connectivity index (χ4v) is 1.59. The molecule has 0 atom stereocenters. The fourth-order valence-electron chi connectivity index (χ4n) is 1.59. The van der Waals surface area contributed by atoms with Crippen molar-refractivity contribution in [2.75, 3.05) is 13.2 Å². The van der Waals surface area contributed by atoms with Crippen LogP contribution in [-0.4, -0.2) is 18.3 Å². The number of benzene rings is 1. The first-order valence-corrected chi connectivity index (χ1v) is 5.46. The molecule has 1 heterocycles. The van der Waals surface area contributed by atoms with Crippen LogP contribution in [0.2, 0.25) is 0 Å². The molecule has 0 aromatic heterocycles. The number of nitrogens with zero attached hydrogens (tertiary/aromatic N) is 1. The molecule has 0 saturated carbocycles. The van der Waals surface area contributed by atoms with Gasteiger partial charge in [0.15, 0.2) is 0 Å². The Morgan fingerprint density at radius 2 is 1.71 bits per heavy atom. The minimum absolute atomic E-state index is 0.0984. The normalized spacial score (nSPS) is 21.8. The average molecular weight is 233 g/mol. The van der Waals surface area contributed by atoms with E-state index in [1.165, 1.54) is 0 Å². The highest BCUT2D eigenvalue weighted by Gasteiger charge is 2.40. The van der Waals surface area contributed by atoms with Gasteiger partial charge in [-0.2, -0.15) is 5.26 Å². The predicted octanol–water partition coefficient (Wildman–Crippen LogP) is 1.73. The minimum Gasteiger partial charge on any atom is -0.339 e. The second kappa shape index (κ2) is 4.11. The lowest BCUT2D eigenvalue weighted by Crippen LogP contribution is -2.45. The summed E-state index contributed by atoms with van der Waals surface area (Å²) >= 11 is 0. The largest absolute Gasteiger partial charge is 0.339 e. The van der Waals surface area contributed by atoms with E-state index in [1.54, 1.807) is 24.3 Å². The first kappa shape index (κ1) is 12.1. The van der Waals surface area contributed by atoms with Crippen LogP contribution in [0.4, 0.5) is 0 Å². The quantitative estimate of drug-likeness (QED) is 0.802. The molecule has 0 amide bonds. The topological polar surface area (TPSA) is 62.5 Å². The Morgan fingerprint density at radius 1 is 1.18 bits per heavy atom. The Balaban J connectivity index is 2.19. The van der Waals surface area contributed by atoms with E-state index >= 15 is 0 Å². The van der Waals surface area contributed by atoms with Crippen molar-refractivity contribution in [3.05, 3.63) is 35.4 Å². The first-order valence-electron chi connectivity index (χ1n) is 5.46. The van der Waals surface area contributed by atoms with E-state index in [2.05, 4.69) is 0 Å². The van der Waals surface area contributed by atoms with Crippen LogP contribution in [0, 0.1) is 16.7 Å². The van der Waals surface area contributed by atoms with Crippen molar-refractivity contribution in [1.29, 1.82) is 5.26 Å². The molecule has 4 heteroatoms. The van der Waals surface area contributed by atoms with E-state index in [-0.39, 0.29) is 5.41 Å². The maximum absolute atomic E-state index is 10.2. The van der Waals surface area contributed by atoms with E-state index in [1.807, 2.05) is 19.9 Å². The molecule has 0 radical (unpaired) electrons. The molecule has 90 valence electrons. The van der Waals surface area contributed by atoms with Crippen LogP contribution in [0.3, 0.4) is 0 Å². The van der Waals surface area contributed by atoms with Gasteiger partial charge in [-0.25, -0.2) is 0 Å². The van der Waals surface area contributed by atoms with E-state index in [4.69, 9.17) is 14.7 Å². The highest BCUT2D eigenvalue weighted by molar-refractivity contribution is 5.32. The summed E-state index contributed by atoms with van der Waals surface area (Å²) in [5.74, 6) is -1.69. The van der Waals surface area contributed by atoms with Crippen molar-refractivity contribution >= 4 is 0 Å². The Labute approximate surface area is 100 Å². The Kier molecular flexibility index (Phi) is 2.92. The van der Waals surface area contributed by atoms with Gasteiger partial charge < -0.3 is 14.6 Å². The zero-order chi connectivity index (χ0) is 12.5. The third kappa shape index (κ3) is 2.47. The van der Waals surface area contributed by atoms with Crippen molar-refractivity contribution < 1.29 is 14.6 Å². The van der Waals surface area contributed by atoms with Gasteiger partial charge in [0.2, 0.25) is 0 Å². The average Bonchev–Trinajstić information content (AvgIpc) is 2.34. The molecular weight excluding hydrogens is 218 g/mol. The molecule has 4 nitrogen and oxygen atoms in total. The smallest absolute Gasteiger partial charge is 0.309 e. The fraction of sp³-hybridized carbons (Fsp3) is 0.462. The van der Waals surface area contributed by atoms with Gasteiger partial charge in [0.1, 0.15) is 0 Å². The van der Waals surface area contributed by atoms with Gasteiger partial charge in [-0.05, 0) is 24.3 Å². The summed E-state index contributed by atoms with van der Waals surface area (Å²) in [5, 5.41) is 18.9. The molecular formula is C13H15NO3. The van der Waals surface area contributed by atoms with Gasteiger partial charge >= 0.3 is 5.97 Å². The van der Waals surface area contributed by atoms with E-state index in [0.29, 0.717) is 24.3 Å². The van der Waals surface area contributed by atoms with E-state index in [9.17, 15) is 5.11 Å². The molecule has 17 heavy (non-hydrogen) atoms. The number of hydrogen-bond donors (Lipinski definition) is 1. The number of aliphatic hydroxyl groups is 1. The zero-order valence-electron chi connectivity index (χ0n) is 9.93. The number of ether oxygens (including phenoxy) is 2. The summed E-state index contributed by atoms with van der Waals surface area (Å²) in [6, 6.07) is 8.54. The summed E-state index contributed by atoms with van der Waals surface area (Å²) in [6.07, 6.45) is 0. The third-order valence-electron chi connectivity index (χ3n) is 2.70. The highest BCUT2D eigenvalue weighted by atomic mass is 16.8. The SMILES string of the molecule is CC1(C)COC(O)(c2ccc(C#N)cc2)OC1. The number of rotatable bonds is 1. The van der Waals surface area contributed by atoms with Crippen LogP contribution in [0.15, 0.2) is 24.3 Å². The molecule has 1 aromatic carbocycles. The maximum Gasteiger partial charge on any atom is 0.309 e. The second-order valence-electron chi connectivity index (χ2n) is 5.01. The first-order chi connectivity index (χ1) is 7.95. The molecule has 1 saturated heterocycles. The molecule has 0 unspecified atom stereocenters. The zero-order valence-corrected chi connectivity index (χ0v) is 9.93. The van der Waals surface area contributed by atoms with Crippen LogP contribution < -0.4 is 0 Å². The van der Waals surface area contributed by atoms with Crippen LogP contribution in [0.1, 0.15) is 25.0 Å². The summed E-state index contributed by atoms with van der Waals surface area (Å²) in [7, 11) is 0. The van der Waals surface area contributed by atoms with Crippen LogP contribution >= 0.6 is 0 Å². The van der Waals surface area contributed by atoms with Crippen molar-refractivity contribution in [3.63, 3.8) is 0 Å². The maximum atomic E-state index is 10.2. The summed E-state index contributed by atoms with van der Waals surface area (Å²) in [6.45, 7) is 4.85. The molecule has 1 aromatic rings. The summed E-state index contributed by atoms with van der Waals surface area (Å²) < 4.78 is 10.8. The van der Waals surface area contributed by atoms with Crippen molar-refractivity contribution in [2.45, 2.75) is 19.8 Å². The van der Waals surface area contributed by atoms with E-state index in [0.717, 1.165) is 0 Å². The standard InChI is InChI=1S/C13H15NO3/c1-12(2)8-16-13(15,17-9-12)11-5-3-10(7-14)4-6-11/h3-6,15H,8-9H2,1-2H3. The third-order valence-corrected chi connectivity index (χ3v) is 2.70. The van der Waals surface area contributed by atoms with Gasteiger partial charge in [-0.1, -0.05) is 13.8 Å². The Morgan fingerprint density at radius 3 is 2.18 bits per heavy atom. The van der Waals surface area contributed by atoms with Gasteiger partial charge in [-0.15, -0.1) is 0 Å². The molecule has 0 bridgehead atoms. The summed E-state index contributed by atoms with van der Waals surface area (Å²) in [5.41, 5.74) is 0.944. The number of hydrogen-bond acceptors (Lipinski definition) is 4. The molecule has 1 N–H and O–H groups in total. The Bertz CT molecular complexity index is 435. The molecule has 2 rings (SSSR count). The van der Waals surface area contributed by atoms with E-state index < -0.39 is 5.97 Å². The Hall–Kier alpha value is -1.41. The minimum atomic E-state index is -1.69. The second-order valence-corrected chi connectivity index (χ2v) is 5.01. The predicted molar refractivity (Wildman–Crippen MR) is 60.7 cm³/mol. The molecule has 1 fully saturated rings. The van der Waals surface area contributed by atoms with Crippen molar-refractivity contribution in [3.8, 4) is 6.07 Å². The van der Waals surface area contributed by atoms with Crippen LogP contribution in [-0.2, 0) is 15.4 Å². The molecule has 0 aliphatic carbocycles. The van der Waals surface area contributed by atoms with Gasteiger partial charge in [-0.3, -0.25) is 0 Å². The van der Waals surface area contributed by atoms with Crippen LogP contribution in [0.25, 0.3) is 0 Å². The van der Waals surface area contributed by atoms with Crippen molar-refractivity contribution in [2.24, 2.45) is 5.41 Å². The lowest BCUT2D eigenvalue weighted by Gasteiger charge is -2.39. The molecule has 0 spiro atoms. The van der Waals surface area contributed by atoms with Crippen molar-refractivity contribution in [1.82, 2.24) is 0 Å². The summed E-state index contributed by atoms with van der Waals surface area (Å²) in [4.78, 5) is 0. The van der Waals surface area contributed by atoms with Gasteiger partial charge in [0.05, 0.1) is 24.8 Å². The lowest BCUT2D eigenvalue weighted by molar-refractivity contribution is -0.412.